The minimum Gasteiger partial charge on any atom is -0.508 e. The Morgan fingerprint density at radius 1 is 0.813 bits per heavy atom. The van der Waals surface area contributed by atoms with Crippen molar-refractivity contribution in [3.63, 3.8) is 0 Å². The molecular formula is C57H65F2N11O5. The largest absolute Gasteiger partial charge is 0.508 e. The fraction of sp³-hybridized carbons (Fsp3) is 0.509. The number of phenols is 1. The molecule has 9 heterocycles. The Morgan fingerprint density at radius 2 is 1.53 bits per heavy atom. The second kappa shape index (κ2) is 20.5. The maximum atomic E-state index is 17.0. The van der Waals surface area contributed by atoms with Crippen LogP contribution in [0.15, 0.2) is 53.5 Å². The average Bonchev–Trinajstić information content (AvgIpc) is 3.89. The van der Waals surface area contributed by atoms with Crippen LogP contribution in [-0.4, -0.2) is 135 Å². The van der Waals surface area contributed by atoms with Crippen LogP contribution in [0.2, 0.25) is 0 Å². The van der Waals surface area contributed by atoms with Gasteiger partial charge in [0.05, 0.1) is 22.0 Å². The van der Waals surface area contributed by atoms with Crippen LogP contribution in [0.3, 0.4) is 0 Å². The number of aromatic nitrogens is 5. The molecule has 3 aromatic heterocycles. The number of imide groups is 1. The molecule has 2 bridgehead atoms. The van der Waals surface area contributed by atoms with Crippen molar-refractivity contribution >= 4 is 56.0 Å². The predicted octanol–water partition coefficient (Wildman–Crippen LogP) is 6.49. The third-order valence-electron chi connectivity index (χ3n) is 17.4. The van der Waals surface area contributed by atoms with Crippen LogP contribution in [0.4, 0.5) is 20.3 Å². The summed E-state index contributed by atoms with van der Waals surface area (Å²) in [7, 11) is 1.75. The molecule has 3 atom stereocenters. The molecule has 6 fully saturated rings. The van der Waals surface area contributed by atoms with E-state index in [1.54, 1.807) is 22.4 Å². The minimum atomic E-state index is -0.729. The summed E-state index contributed by atoms with van der Waals surface area (Å²) in [5, 5.41) is 17.9. The number of phenolic OH excluding ortho intramolecular Hbond substituents is 1. The van der Waals surface area contributed by atoms with Crippen LogP contribution < -0.4 is 30.9 Å². The van der Waals surface area contributed by atoms with E-state index in [1.165, 1.54) is 43.5 Å². The number of aromatic hydroxyl groups is 1. The molecule has 16 nitrogen and oxygen atoms in total. The van der Waals surface area contributed by atoms with Crippen LogP contribution in [0.5, 0.6) is 11.8 Å². The van der Waals surface area contributed by atoms with E-state index in [1.807, 2.05) is 6.07 Å². The molecule has 6 aliphatic rings. The van der Waals surface area contributed by atoms with E-state index in [2.05, 4.69) is 58.3 Å². The van der Waals surface area contributed by atoms with E-state index in [4.69, 9.17) is 16.1 Å². The number of carbonyl (C=O) groups is 2. The number of hydrogen-bond donors (Lipinski definition) is 3. The molecule has 6 aromatic rings. The molecule has 2 amide bonds. The summed E-state index contributed by atoms with van der Waals surface area (Å²) >= 11 is 0. The number of piperazine rings is 1. The molecule has 75 heavy (non-hydrogen) atoms. The molecule has 6 saturated heterocycles. The van der Waals surface area contributed by atoms with E-state index < -0.39 is 23.6 Å². The molecular weight excluding hydrogens is 957 g/mol. The van der Waals surface area contributed by atoms with Gasteiger partial charge in [-0.25, -0.2) is 13.6 Å². The van der Waals surface area contributed by atoms with Crippen molar-refractivity contribution in [3.8, 4) is 35.4 Å². The number of fused-ring (bicyclic) bond motifs is 5. The zero-order valence-electron chi connectivity index (χ0n) is 42.6. The summed E-state index contributed by atoms with van der Waals surface area (Å²) in [4.78, 5) is 61.6. The fourth-order valence-electron chi connectivity index (χ4n) is 13.3. The van der Waals surface area contributed by atoms with E-state index >= 15 is 8.78 Å². The van der Waals surface area contributed by atoms with E-state index in [-0.39, 0.29) is 57.5 Å². The Hall–Kier alpha value is -6.68. The van der Waals surface area contributed by atoms with Crippen molar-refractivity contribution in [2.24, 2.45) is 24.8 Å². The van der Waals surface area contributed by atoms with Gasteiger partial charge in [-0.1, -0.05) is 12.0 Å². The number of amides is 2. The number of aryl methyl sites for hydroxylation is 1. The zero-order valence-corrected chi connectivity index (χ0v) is 42.6. The monoisotopic (exact) mass is 1020 g/mol. The first-order chi connectivity index (χ1) is 36.4. The zero-order chi connectivity index (χ0) is 51.5. The second-order valence-electron chi connectivity index (χ2n) is 22.1. The van der Waals surface area contributed by atoms with Gasteiger partial charge in [0.25, 0.3) is 0 Å². The van der Waals surface area contributed by atoms with Gasteiger partial charge in [-0.3, -0.25) is 33.9 Å². The van der Waals surface area contributed by atoms with Gasteiger partial charge in [0.1, 0.15) is 41.2 Å². The maximum absolute atomic E-state index is 17.0. The highest BCUT2D eigenvalue weighted by atomic mass is 19.1. The Kier molecular flexibility index (Phi) is 13.4. The molecule has 3 aromatic carbocycles. The highest BCUT2D eigenvalue weighted by molar-refractivity contribution is 6.03. The van der Waals surface area contributed by atoms with Gasteiger partial charge < -0.3 is 29.9 Å². The predicted molar refractivity (Wildman–Crippen MR) is 284 cm³/mol. The van der Waals surface area contributed by atoms with Gasteiger partial charge in [0.15, 0.2) is 5.82 Å². The number of carbonyl (C=O) groups excluding carboxylic acids is 2. The lowest BCUT2D eigenvalue weighted by molar-refractivity contribution is -0.135. The Balaban J connectivity index is 0.625. The number of imidazole rings is 1. The Labute approximate surface area is 434 Å². The fourth-order valence-corrected chi connectivity index (χ4v) is 13.3. The van der Waals surface area contributed by atoms with Gasteiger partial charge in [-0.05, 0) is 150 Å². The van der Waals surface area contributed by atoms with Crippen LogP contribution in [0.25, 0.3) is 44.0 Å². The van der Waals surface area contributed by atoms with E-state index in [0.717, 1.165) is 107 Å². The van der Waals surface area contributed by atoms with Crippen molar-refractivity contribution in [1.29, 1.82) is 0 Å². The highest BCUT2D eigenvalue weighted by Crippen LogP contribution is 2.40. The van der Waals surface area contributed by atoms with Gasteiger partial charge in [0, 0.05) is 87.7 Å². The SMILES string of the molecule is C#Cc1c(F)ccc2cc(O)cc(-c3ncc4c(N5CC6CCC(C5)N6)nc(OCCN5CCC(CN6CCC(CC7CCN(c8ccc9c(c8)n(C)c(=O)n9C8CCC(=O)NC8=O)CC7)CC6)CC5)nc4c3F)c12. The lowest BCUT2D eigenvalue weighted by Gasteiger charge is -2.39. The number of halogens is 2. The van der Waals surface area contributed by atoms with E-state index in [9.17, 15) is 19.5 Å². The third kappa shape index (κ3) is 9.67. The molecule has 3 unspecified atom stereocenters. The number of piperidine rings is 4. The molecule has 6 aliphatic heterocycles. The number of hydrogen-bond acceptors (Lipinski definition) is 13. The number of benzene rings is 3. The van der Waals surface area contributed by atoms with Crippen LogP contribution in [0, 0.1) is 41.7 Å². The lowest BCUT2D eigenvalue weighted by Crippen LogP contribution is -2.51. The number of terminal acetylenes is 1. The number of nitrogens with zero attached hydrogens (tertiary/aromatic N) is 9. The first-order valence-corrected chi connectivity index (χ1v) is 27.1. The quantitative estimate of drug-likeness (QED) is 0.0901. The molecule has 3 N–H and O–H groups in total. The second-order valence-corrected chi connectivity index (χ2v) is 22.1. The normalized spacial score (nSPS) is 22.7. The van der Waals surface area contributed by atoms with Crippen molar-refractivity contribution in [2.45, 2.75) is 88.8 Å². The molecule has 0 spiro atoms. The first kappa shape index (κ1) is 49.2. The molecule has 18 heteroatoms. The molecule has 12 rings (SSSR count). The lowest BCUT2D eigenvalue weighted by atomic mass is 9.82. The maximum Gasteiger partial charge on any atom is 0.329 e. The number of nitrogens with one attached hydrogen (secondary N) is 2. The topological polar surface area (TPSA) is 166 Å². The summed E-state index contributed by atoms with van der Waals surface area (Å²) < 4.78 is 41.5. The molecule has 0 saturated carbocycles. The van der Waals surface area contributed by atoms with Gasteiger partial charge in [0.2, 0.25) is 11.8 Å². The van der Waals surface area contributed by atoms with Crippen molar-refractivity contribution < 1.29 is 28.2 Å². The average molecular weight is 1020 g/mol. The van der Waals surface area contributed by atoms with Gasteiger partial charge >= 0.3 is 11.7 Å². The van der Waals surface area contributed by atoms with Gasteiger partial charge in [-0.15, -0.1) is 6.42 Å². The van der Waals surface area contributed by atoms with Crippen molar-refractivity contribution in [1.82, 2.24) is 44.5 Å². The molecule has 0 aliphatic carbocycles. The Bertz CT molecular complexity index is 3280. The summed E-state index contributed by atoms with van der Waals surface area (Å²) in [6.07, 6.45) is 18.3. The Morgan fingerprint density at radius 3 is 2.27 bits per heavy atom. The van der Waals surface area contributed by atoms with Crippen LogP contribution in [-0.2, 0) is 16.6 Å². The third-order valence-corrected chi connectivity index (χ3v) is 17.4. The number of ether oxygens (including phenoxy) is 1. The molecule has 0 radical (unpaired) electrons. The van der Waals surface area contributed by atoms with Crippen LogP contribution >= 0.6 is 0 Å². The summed E-state index contributed by atoms with van der Waals surface area (Å²) in [5.41, 5.74) is 2.44. The summed E-state index contributed by atoms with van der Waals surface area (Å²) in [6.45, 7) is 9.86. The minimum absolute atomic E-state index is 0.0356. The highest BCUT2D eigenvalue weighted by Gasteiger charge is 2.36. The number of likely N-dealkylation sites (tertiary alicyclic amines) is 2. The van der Waals surface area contributed by atoms with Crippen LogP contribution in [0.1, 0.15) is 82.2 Å². The number of pyridine rings is 1. The van der Waals surface area contributed by atoms with Crippen molar-refractivity contribution in [2.75, 3.05) is 81.9 Å². The van der Waals surface area contributed by atoms with Gasteiger partial charge in [-0.2, -0.15) is 9.97 Å². The molecule has 392 valence electrons. The number of anilines is 2. The van der Waals surface area contributed by atoms with Crippen molar-refractivity contribution in [3.05, 3.63) is 76.3 Å². The standard InChI is InChI=1S/C57H65F2N11O5/c1-3-42-45(58)8-4-37-27-41(71)29-43(50(37)42)52-51(59)53-44(30-60-52)54(69-32-38-5-6-39(33-69)61-38)64-56(63-53)75-25-24-66-18-14-36(15-19-66)31-67-20-12-34(13-21-67)26-35-16-22-68(23-17-35)40-7-9-46-48(28-40)65(2)57(74)70(46)47-10-11-49(72)62-55(47)73/h1,4,7-9,27-30,34-36,38-39,47,61,71H,5-6,10-26,31-33H2,2H3,(H,62,72,73). The summed E-state index contributed by atoms with van der Waals surface area (Å²) in [6, 6.07) is 11.7. The number of rotatable bonds is 12. The summed E-state index contributed by atoms with van der Waals surface area (Å²) in [5.74, 6) is 2.92. The first-order valence-electron chi connectivity index (χ1n) is 27.1. The smallest absolute Gasteiger partial charge is 0.329 e. The van der Waals surface area contributed by atoms with E-state index in [0.29, 0.717) is 73.2 Å².